The Morgan fingerprint density at radius 2 is 1.93 bits per heavy atom. The van der Waals surface area contributed by atoms with E-state index in [0.717, 1.165) is 10.2 Å². The van der Waals surface area contributed by atoms with Crippen molar-refractivity contribution in [2.45, 2.75) is 19.9 Å². The van der Waals surface area contributed by atoms with E-state index in [9.17, 15) is 14.0 Å². The molecular formula is C20H21FN6O2. The number of aryl methyl sites for hydroxylation is 1. The number of nitrogens with one attached hydrogen (secondary N) is 2. The van der Waals surface area contributed by atoms with Gasteiger partial charge in [-0.3, -0.25) is 9.59 Å². The number of hydrogen-bond acceptors (Lipinski definition) is 5. The Bertz CT molecular complexity index is 1020. The van der Waals surface area contributed by atoms with Crippen molar-refractivity contribution in [2.24, 2.45) is 0 Å². The Labute approximate surface area is 166 Å². The Morgan fingerprint density at radius 3 is 2.66 bits per heavy atom. The lowest BCUT2D eigenvalue weighted by Crippen LogP contribution is -2.27. The summed E-state index contributed by atoms with van der Waals surface area (Å²) in [5.41, 5.74) is 7.75. The molecule has 2 aromatic carbocycles. The van der Waals surface area contributed by atoms with Crippen molar-refractivity contribution >= 4 is 23.3 Å². The van der Waals surface area contributed by atoms with E-state index in [-0.39, 0.29) is 18.1 Å². The van der Waals surface area contributed by atoms with Crippen LogP contribution in [0.2, 0.25) is 0 Å². The zero-order valence-electron chi connectivity index (χ0n) is 15.9. The molecule has 29 heavy (non-hydrogen) atoms. The number of nitrogens with zero attached hydrogens (tertiary/aromatic N) is 3. The molecule has 1 heterocycles. The average Bonchev–Trinajstić information content (AvgIpc) is 3.06. The molecular weight excluding hydrogens is 375 g/mol. The highest BCUT2D eigenvalue weighted by atomic mass is 19.1. The zero-order chi connectivity index (χ0) is 20.8. The molecule has 0 unspecified atom stereocenters. The van der Waals surface area contributed by atoms with E-state index in [0.29, 0.717) is 24.2 Å². The third-order valence-electron chi connectivity index (χ3n) is 4.28. The number of nitrogen functional groups attached to an aromatic ring is 1. The number of rotatable bonds is 7. The van der Waals surface area contributed by atoms with E-state index < -0.39 is 17.6 Å². The van der Waals surface area contributed by atoms with E-state index in [2.05, 4.69) is 20.9 Å². The molecule has 0 bridgehead atoms. The van der Waals surface area contributed by atoms with Gasteiger partial charge in [-0.15, -0.1) is 5.10 Å². The van der Waals surface area contributed by atoms with Crippen LogP contribution in [0.5, 0.6) is 0 Å². The van der Waals surface area contributed by atoms with E-state index in [1.165, 1.54) is 6.07 Å². The summed E-state index contributed by atoms with van der Waals surface area (Å²) >= 11 is 0. The van der Waals surface area contributed by atoms with Crippen molar-refractivity contribution in [1.82, 2.24) is 20.3 Å². The fourth-order valence-corrected chi connectivity index (χ4v) is 2.65. The van der Waals surface area contributed by atoms with Gasteiger partial charge in [-0.05, 0) is 36.6 Å². The molecule has 4 N–H and O–H groups in total. The maximum Gasteiger partial charge on any atom is 0.275 e. The predicted octanol–water partition coefficient (Wildman–Crippen LogP) is 1.92. The van der Waals surface area contributed by atoms with Crippen LogP contribution in [0.4, 0.5) is 15.9 Å². The average molecular weight is 396 g/mol. The molecule has 1 aromatic heterocycles. The quantitative estimate of drug-likeness (QED) is 0.564. The number of benzene rings is 2. The molecule has 0 atom stereocenters. The smallest absolute Gasteiger partial charge is 0.275 e. The second-order valence-corrected chi connectivity index (χ2v) is 6.48. The van der Waals surface area contributed by atoms with Crippen LogP contribution in [0.25, 0.3) is 0 Å². The number of halogens is 1. The highest BCUT2D eigenvalue weighted by Gasteiger charge is 2.18. The van der Waals surface area contributed by atoms with Crippen LogP contribution < -0.4 is 16.4 Å². The van der Waals surface area contributed by atoms with Crippen molar-refractivity contribution in [1.29, 1.82) is 0 Å². The van der Waals surface area contributed by atoms with Crippen LogP contribution in [0.15, 0.2) is 48.5 Å². The zero-order valence-corrected chi connectivity index (χ0v) is 15.9. The standard InChI is InChI=1S/C20H21FN6O2/c1-13-7-8-15(11-16(13)21)24-17(28)12-27-19(22)18(25-26-27)20(29)23-10-9-14-5-3-2-4-6-14/h2-8,11H,9-10,12,22H2,1H3,(H,23,29)(H,24,28). The second kappa shape index (κ2) is 8.96. The number of carbonyl (C=O) groups is 2. The Hall–Kier alpha value is -3.75. The minimum Gasteiger partial charge on any atom is -0.382 e. The van der Waals surface area contributed by atoms with Crippen LogP contribution in [0.1, 0.15) is 21.6 Å². The van der Waals surface area contributed by atoms with Crippen molar-refractivity contribution in [3.63, 3.8) is 0 Å². The molecule has 0 aliphatic heterocycles. The lowest BCUT2D eigenvalue weighted by molar-refractivity contribution is -0.116. The summed E-state index contributed by atoms with van der Waals surface area (Å²) in [6.07, 6.45) is 0.663. The first-order valence-electron chi connectivity index (χ1n) is 9.01. The van der Waals surface area contributed by atoms with Gasteiger partial charge in [0.25, 0.3) is 5.91 Å². The molecule has 0 fully saturated rings. The summed E-state index contributed by atoms with van der Waals surface area (Å²) in [5.74, 6) is -1.38. The largest absolute Gasteiger partial charge is 0.382 e. The number of carbonyl (C=O) groups excluding carboxylic acids is 2. The number of amides is 2. The van der Waals surface area contributed by atoms with E-state index in [1.807, 2.05) is 30.3 Å². The summed E-state index contributed by atoms with van der Waals surface area (Å²) in [6.45, 7) is 1.78. The number of hydrogen-bond donors (Lipinski definition) is 3. The molecule has 0 saturated heterocycles. The molecule has 0 radical (unpaired) electrons. The van der Waals surface area contributed by atoms with Gasteiger partial charge in [-0.1, -0.05) is 41.6 Å². The van der Waals surface area contributed by atoms with Gasteiger partial charge < -0.3 is 16.4 Å². The summed E-state index contributed by atoms with van der Waals surface area (Å²) in [4.78, 5) is 24.4. The van der Waals surface area contributed by atoms with Gasteiger partial charge in [0.2, 0.25) is 5.91 Å². The van der Waals surface area contributed by atoms with Gasteiger partial charge in [0, 0.05) is 12.2 Å². The first kappa shape index (κ1) is 20.0. The molecule has 0 spiro atoms. The third-order valence-corrected chi connectivity index (χ3v) is 4.28. The Morgan fingerprint density at radius 1 is 1.17 bits per heavy atom. The van der Waals surface area contributed by atoms with Crippen LogP contribution in [-0.4, -0.2) is 33.4 Å². The van der Waals surface area contributed by atoms with Gasteiger partial charge in [0.05, 0.1) is 0 Å². The number of nitrogens with two attached hydrogens (primary N) is 1. The summed E-state index contributed by atoms with van der Waals surface area (Å²) < 4.78 is 14.7. The van der Waals surface area contributed by atoms with Crippen LogP contribution >= 0.6 is 0 Å². The van der Waals surface area contributed by atoms with Crippen LogP contribution in [0, 0.1) is 12.7 Å². The van der Waals surface area contributed by atoms with E-state index in [1.54, 1.807) is 19.1 Å². The van der Waals surface area contributed by atoms with Crippen LogP contribution in [0.3, 0.4) is 0 Å². The highest BCUT2D eigenvalue weighted by molar-refractivity contribution is 5.96. The number of anilines is 2. The van der Waals surface area contributed by atoms with Crippen molar-refractivity contribution in [3.05, 3.63) is 71.2 Å². The fourth-order valence-electron chi connectivity index (χ4n) is 2.65. The molecule has 3 rings (SSSR count). The molecule has 9 heteroatoms. The van der Waals surface area contributed by atoms with Gasteiger partial charge in [-0.25, -0.2) is 9.07 Å². The maximum absolute atomic E-state index is 13.6. The summed E-state index contributed by atoms with van der Waals surface area (Å²) in [5, 5.41) is 12.8. The van der Waals surface area contributed by atoms with E-state index >= 15 is 0 Å². The molecule has 0 aliphatic carbocycles. The lowest BCUT2D eigenvalue weighted by atomic mass is 10.1. The predicted molar refractivity (Wildman–Crippen MR) is 107 cm³/mol. The second-order valence-electron chi connectivity index (χ2n) is 6.48. The van der Waals surface area contributed by atoms with Crippen molar-refractivity contribution < 1.29 is 14.0 Å². The van der Waals surface area contributed by atoms with Gasteiger partial charge in [-0.2, -0.15) is 0 Å². The lowest BCUT2D eigenvalue weighted by Gasteiger charge is -2.07. The molecule has 3 aromatic rings. The minimum atomic E-state index is -0.471. The molecule has 8 nitrogen and oxygen atoms in total. The van der Waals surface area contributed by atoms with Crippen molar-refractivity contribution in [2.75, 3.05) is 17.6 Å². The molecule has 0 aliphatic rings. The maximum atomic E-state index is 13.6. The third kappa shape index (κ3) is 5.16. The first-order valence-corrected chi connectivity index (χ1v) is 9.01. The van der Waals surface area contributed by atoms with Gasteiger partial charge in [0.1, 0.15) is 12.4 Å². The minimum absolute atomic E-state index is 0.0209. The van der Waals surface area contributed by atoms with Gasteiger partial charge in [0.15, 0.2) is 11.5 Å². The van der Waals surface area contributed by atoms with Crippen molar-refractivity contribution in [3.8, 4) is 0 Å². The fraction of sp³-hybridized carbons (Fsp3) is 0.200. The Kier molecular flexibility index (Phi) is 6.18. The highest BCUT2D eigenvalue weighted by Crippen LogP contribution is 2.14. The molecule has 2 amide bonds. The normalized spacial score (nSPS) is 10.6. The SMILES string of the molecule is Cc1ccc(NC(=O)Cn2nnc(C(=O)NCCc3ccccc3)c2N)cc1F. The molecule has 150 valence electrons. The number of aromatic nitrogens is 3. The first-order chi connectivity index (χ1) is 13.9. The summed E-state index contributed by atoms with van der Waals surface area (Å²) in [7, 11) is 0. The van der Waals surface area contributed by atoms with Crippen LogP contribution in [-0.2, 0) is 17.8 Å². The Balaban J connectivity index is 1.55. The summed E-state index contributed by atoms with van der Waals surface area (Å²) in [6, 6.07) is 14.1. The topological polar surface area (TPSA) is 115 Å². The monoisotopic (exact) mass is 396 g/mol. The van der Waals surface area contributed by atoms with Gasteiger partial charge >= 0.3 is 0 Å². The molecule has 0 saturated carbocycles. The van der Waals surface area contributed by atoms with E-state index in [4.69, 9.17) is 5.73 Å².